The molecule has 0 aliphatic carbocycles. The first-order valence-electron chi connectivity index (χ1n) is 3.81. The van der Waals surface area contributed by atoms with Crippen molar-refractivity contribution in [3.05, 3.63) is 17.9 Å². The molecule has 1 aromatic rings. The van der Waals surface area contributed by atoms with Gasteiger partial charge < -0.3 is 9.52 Å². The highest BCUT2D eigenvalue weighted by Crippen LogP contribution is 2.16. The van der Waals surface area contributed by atoms with Crippen LogP contribution in [0.25, 0.3) is 0 Å². The van der Waals surface area contributed by atoms with Crippen molar-refractivity contribution in [3.63, 3.8) is 0 Å². The molecule has 1 N–H and O–H groups in total. The fraction of sp³-hybridized carbons (Fsp3) is 0.444. The van der Waals surface area contributed by atoms with Gasteiger partial charge in [-0.3, -0.25) is 4.99 Å². The van der Waals surface area contributed by atoms with Crippen LogP contribution in [0.3, 0.4) is 0 Å². The molecule has 0 saturated heterocycles. The summed E-state index contributed by atoms with van der Waals surface area (Å²) in [4.78, 5) is 4.21. The quantitative estimate of drug-likeness (QED) is 0.652. The molecule has 3 heteroatoms. The van der Waals surface area contributed by atoms with E-state index in [1.807, 2.05) is 20.8 Å². The summed E-state index contributed by atoms with van der Waals surface area (Å²) in [6.07, 6.45) is 3.04. The van der Waals surface area contributed by atoms with Crippen LogP contribution >= 0.6 is 0 Å². The molecule has 0 atom stereocenters. The Morgan fingerprint density at radius 3 is 2.58 bits per heavy atom. The second-order valence-corrected chi connectivity index (χ2v) is 3.61. The van der Waals surface area contributed by atoms with Crippen LogP contribution in [-0.2, 0) is 0 Å². The Morgan fingerprint density at radius 1 is 1.50 bits per heavy atom. The van der Waals surface area contributed by atoms with Gasteiger partial charge in [0.15, 0.2) is 0 Å². The molecular formula is C9H13NO2. The molecule has 66 valence electrons. The first-order valence-corrected chi connectivity index (χ1v) is 3.81. The SMILES string of the molecule is CC(C)(C)N=Cc1ccoc1O. The van der Waals surface area contributed by atoms with E-state index in [1.54, 1.807) is 12.3 Å². The second-order valence-electron chi connectivity index (χ2n) is 3.61. The minimum atomic E-state index is -0.121. The summed E-state index contributed by atoms with van der Waals surface area (Å²) in [6.45, 7) is 5.96. The van der Waals surface area contributed by atoms with Crippen molar-refractivity contribution in [1.29, 1.82) is 0 Å². The molecule has 12 heavy (non-hydrogen) atoms. The van der Waals surface area contributed by atoms with E-state index in [1.165, 1.54) is 6.26 Å². The van der Waals surface area contributed by atoms with Gasteiger partial charge in [0.25, 0.3) is 5.95 Å². The monoisotopic (exact) mass is 167 g/mol. The Balaban J connectivity index is 2.77. The highest BCUT2D eigenvalue weighted by molar-refractivity contribution is 5.82. The van der Waals surface area contributed by atoms with E-state index in [4.69, 9.17) is 9.52 Å². The fourth-order valence-electron chi connectivity index (χ4n) is 0.673. The van der Waals surface area contributed by atoms with Crippen molar-refractivity contribution in [3.8, 4) is 5.95 Å². The number of nitrogens with zero attached hydrogens (tertiary/aromatic N) is 1. The Kier molecular flexibility index (Phi) is 2.22. The van der Waals surface area contributed by atoms with E-state index in [9.17, 15) is 0 Å². The molecule has 0 aromatic carbocycles. The molecule has 0 aliphatic rings. The van der Waals surface area contributed by atoms with Crippen LogP contribution in [0.5, 0.6) is 5.95 Å². The number of aromatic hydroxyl groups is 1. The topological polar surface area (TPSA) is 45.7 Å². The minimum absolute atomic E-state index is 0.0806. The summed E-state index contributed by atoms with van der Waals surface area (Å²) >= 11 is 0. The van der Waals surface area contributed by atoms with E-state index < -0.39 is 0 Å². The molecule has 0 fully saturated rings. The van der Waals surface area contributed by atoms with Gasteiger partial charge in [0.1, 0.15) is 0 Å². The maximum Gasteiger partial charge on any atom is 0.290 e. The predicted octanol–water partition coefficient (Wildman–Crippen LogP) is 2.20. The van der Waals surface area contributed by atoms with Crippen LogP contribution in [0.1, 0.15) is 26.3 Å². The van der Waals surface area contributed by atoms with Crippen LogP contribution in [0.4, 0.5) is 0 Å². The van der Waals surface area contributed by atoms with E-state index in [0.29, 0.717) is 5.56 Å². The summed E-state index contributed by atoms with van der Waals surface area (Å²) in [5.74, 6) is -0.0806. The second kappa shape index (κ2) is 3.01. The van der Waals surface area contributed by atoms with Gasteiger partial charge >= 0.3 is 0 Å². The molecule has 0 radical (unpaired) electrons. The van der Waals surface area contributed by atoms with Gasteiger partial charge in [-0.15, -0.1) is 0 Å². The summed E-state index contributed by atoms with van der Waals surface area (Å²) in [5, 5.41) is 9.09. The molecule has 0 unspecified atom stereocenters. The van der Waals surface area contributed by atoms with Gasteiger partial charge in [-0.25, -0.2) is 0 Å². The zero-order valence-corrected chi connectivity index (χ0v) is 7.53. The smallest absolute Gasteiger partial charge is 0.290 e. The molecular weight excluding hydrogens is 154 g/mol. The Labute approximate surface area is 71.7 Å². The van der Waals surface area contributed by atoms with Crippen LogP contribution in [0.2, 0.25) is 0 Å². The van der Waals surface area contributed by atoms with Crippen LogP contribution in [0.15, 0.2) is 21.7 Å². The van der Waals surface area contributed by atoms with E-state index >= 15 is 0 Å². The van der Waals surface area contributed by atoms with Gasteiger partial charge in [-0.2, -0.15) is 0 Å². The van der Waals surface area contributed by atoms with E-state index in [0.717, 1.165) is 0 Å². The normalized spacial score (nSPS) is 12.6. The first-order chi connectivity index (χ1) is 5.49. The summed E-state index contributed by atoms with van der Waals surface area (Å²) in [6, 6.07) is 1.67. The lowest BCUT2D eigenvalue weighted by molar-refractivity contribution is 0.332. The van der Waals surface area contributed by atoms with E-state index in [-0.39, 0.29) is 11.5 Å². The molecule has 0 amide bonds. The van der Waals surface area contributed by atoms with Crippen molar-refractivity contribution in [1.82, 2.24) is 0 Å². The first kappa shape index (κ1) is 8.84. The zero-order valence-electron chi connectivity index (χ0n) is 7.53. The fourth-order valence-corrected chi connectivity index (χ4v) is 0.673. The van der Waals surface area contributed by atoms with Crippen LogP contribution in [-0.4, -0.2) is 16.9 Å². The average Bonchev–Trinajstić information content (AvgIpc) is 2.29. The lowest BCUT2D eigenvalue weighted by atomic mass is 10.1. The Bertz CT molecular complexity index is 281. The van der Waals surface area contributed by atoms with Gasteiger partial charge in [0, 0.05) is 6.21 Å². The standard InChI is InChI=1S/C9H13NO2/c1-9(2,3)10-6-7-4-5-12-8(7)11/h4-6,11H,1-3H3. The van der Waals surface area contributed by atoms with Gasteiger partial charge in [-0.05, 0) is 26.8 Å². The Hall–Kier alpha value is -1.25. The number of hydrogen-bond acceptors (Lipinski definition) is 3. The van der Waals surface area contributed by atoms with Crippen LogP contribution in [0, 0.1) is 0 Å². The third-order valence-corrected chi connectivity index (χ3v) is 1.27. The lowest BCUT2D eigenvalue weighted by Crippen LogP contribution is -2.09. The highest BCUT2D eigenvalue weighted by atomic mass is 16.5. The lowest BCUT2D eigenvalue weighted by Gasteiger charge is -2.09. The number of hydrogen-bond donors (Lipinski definition) is 1. The summed E-state index contributed by atoms with van der Waals surface area (Å²) in [5.41, 5.74) is 0.494. The number of rotatable bonds is 1. The van der Waals surface area contributed by atoms with Gasteiger partial charge in [0.2, 0.25) is 0 Å². The number of furan rings is 1. The van der Waals surface area contributed by atoms with Gasteiger partial charge in [-0.1, -0.05) is 0 Å². The van der Waals surface area contributed by atoms with E-state index in [2.05, 4.69) is 4.99 Å². The maximum absolute atomic E-state index is 9.09. The van der Waals surface area contributed by atoms with Crippen molar-refractivity contribution in [2.45, 2.75) is 26.3 Å². The highest BCUT2D eigenvalue weighted by Gasteiger charge is 2.06. The minimum Gasteiger partial charge on any atom is -0.480 e. The Morgan fingerprint density at radius 2 is 2.17 bits per heavy atom. The number of aliphatic imine (C=N–C) groups is 1. The zero-order chi connectivity index (χ0) is 9.19. The van der Waals surface area contributed by atoms with Crippen molar-refractivity contribution in [2.75, 3.05) is 0 Å². The third-order valence-electron chi connectivity index (χ3n) is 1.27. The van der Waals surface area contributed by atoms with Crippen molar-refractivity contribution < 1.29 is 9.52 Å². The van der Waals surface area contributed by atoms with Gasteiger partial charge in [0.05, 0.1) is 17.4 Å². The van der Waals surface area contributed by atoms with Crippen LogP contribution < -0.4 is 0 Å². The maximum atomic E-state index is 9.09. The molecule has 3 nitrogen and oxygen atoms in total. The molecule has 0 aliphatic heterocycles. The van der Waals surface area contributed by atoms with Crippen molar-refractivity contribution in [2.24, 2.45) is 4.99 Å². The summed E-state index contributed by atoms with van der Waals surface area (Å²) in [7, 11) is 0. The molecule has 0 saturated carbocycles. The third kappa shape index (κ3) is 2.42. The molecule has 1 aromatic heterocycles. The molecule has 1 rings (SSSR count). The molecule has 0 spiro atoms. The molecule has 1 heterocycles. The largest absolute Gasteiger partial charge is 0.480 e. The van der Waals surface area contributed by atoms with Crippen molar-refractivity contribution >= 4 is 6.21 Å². The average molecular weight is 167 g/mol. The molecule has 0 bridgehead atoms. The summed E-state index contributed by atoms with van der Waals surface area (Å²) < 4.78 is 4.69. The predicted molar refractivity (Wildman–Crippen MR) is 47.7 cm³/mol.